The Morgan fingerprint density at radius 2 is 2.03 bits per heavy atom. The largest absolute Gasteiger partial charge is 0.490 e. The molecule has 2 fully saturated rings. The third-order valence-electron chi connectivity index (χ3n) is 7.22. The van der Waals surface area contributed by atoms with Crippen molar-refractivity contribution in [2.45, 2.75) is 50.8 Å². The highest BCUT2D eigenvalue weighted by Crippen LogP contribution is 2.50. The molecule has 6 rings (SSSR count). The fourth-order valence-corrected chi connectivity index (χ4v) is 6.52. The Kier molecular flexibility index (Phi) is 5.14. The van der Waals surface area contributed by atoms with Crippen molar-refractivity contribution in [1.29, 1.82) is 0 Å². The third-order valence-corrected chi connectivity index (χ3v) is 8.24. The van der Waals surface area contributed by atoms with Crippen molar-refractivity contribution in [3.63, 3.8) is 0 Å². The summed E-state index contributed by atoms with van der Waals surface area (Å²) in [7, 11) is 0. The van der Waals surface area contributed by atoms with Gasteiger partial charge in [-0.1, -0.05) is 12.1 Å². The van der Waals surface area contributed by atoms with E-state index in [0.717, 1.165) is 30.5 Å². The van der Waals surface area contributed by atoms with Gasteiger partial charge in [0.25, 0.3) is 5.91 Å². The molecule has 2 aliphatic heterocycles. The van der Waals surface area contributed by atoms with Crippen LogP contribution >= 0.6 is 11.3 Å². The van der Waals surface area contributed by atoms with Crippen molar-refractivity contribution in [1.82, 2.24) is 9.88 Å². The zero-order valence-electron chi connectivity index (χ0n) is 19.0. The van der Waals surface area contributed by atoms with Gasteiger partial charge in [-0.2, -0.15) is 0 Å². The van der Waals surface area contributed by atoms with Crippen LogP contribution in [0.2, 0.25) is 0 Å². The van der Waals surface area contributed by atoms with Crippen LogP contribution in [-0.4, -0.2) is 39.9 Å². The summed E-state index contributed by atoms with van der Waals surface area (Å²) in [6.07, 6.45) is 2.89. The van der Waals surface area contributed by atoms with Gasteiger partial charge < -0.3 is 15.4 Å². The number of carbonyl (C=O) groups is 2. The smallest absolute Gasteiger partial charge is 0.274 e. The number of nitrogens with two attached hydrogens (primary N) is 1. The number of hydrogen-bond acceptors (Lipinski definition) is 5. The van der Waals surface area contributed by atoms with Crippen LogP contribution in [0.3, 0.4) is 0 Å². The number of hydrogen-bond donors (Lipinski definition) is 1. The van der Waals surface area contributed by atoms with Gasteiger partial charge in [0.2, 0.25) is 5.91 Å². The van der Waals surface area contributed by atoms with Crippen molar-refractivity contribution >= 4 is 23.2 Å². The van der Waals surface area contributed by atoms with E-state index >= 15 is 0 Å². The number of thiazole rings is 1. The van der Waals surface area contributed by atoms with Crippen LogP contribution in [0.25, 0.3) is 10.4 Å². The summed E-state index contributed by atoms with van der Waals surface area (Å²) in [6, 6.07) is 9.09. The van der Waals surface area contributed by atoms with Crippen molar-refractivity contribution < 1.29 is 23.1 Å². The first-order chi connectivity index (χ1) is 16.8. The Bertz CT molecular complexity index is 1370. The van der Waals surface area contributed by atoms with Crippen LogP contribution in [-0.2, 0) is 6.42 Å². The first kappa shape index (κ1) is 22.2. The van der Waals surface area contributed by atoms with Crippen LogP contribution in [0.1, 0.15) is 50.7 Å². The fourth-order valence-electron chi connectivity index (χ4n) is 5.61. The van der Waals surface area contributed by atoms with E-state index in [1.165, 1.54) is 17.4 Å². The first-order valence-electron chi connectivity index (χ1n) is 11.6. The second-order valence-corrected chi connectivity index (χ2v) is 10.7. The Morgan fingerprint density at radius 1 is 1.20 bits per heavy atom. The molecule has 1 saturated carbocycles. The minimum Gasteiger partial charge on any atom is -0.490 e. The summed E-state index contributed by atoms with van der Waals surface area (Å²) in [4.78, 5) is 32.6. The summed E-state index contributed by atoms with van der Waals surface area (Å²) in [5, 5.41) is 0.685. The number of aromatic nitrogens is 1. The zero-order valence-corrected chi connectivity index (χ0v) is 19.8. The van der Waals surface area contributed by atoms with E-state index in [-0.39, 0.29) is 29.8 Å². The maximum absolute atomic E-state index is 13.9. The monoisotopic (exact) mass is 495 g/mol. The lowest BCUT2D eigenvalue weighted by molar-refractivity contribution is 0.0647. The van der Waals surface area contributed by atoms with Gasteiger partial charge in [-0.3, -0.25) is 9.59 Å². The normalized spacial score (nSPS) is 24.1. The van der Waals surface area contributed by atoms with Gasteiger partial charge in [0.05, 0.1) is 9.88 Å². The number of benzene rings is 2. The molecule has 3 aromatic rings. The molecule has 3 heterocycles. The molecule has 1 unspecified atom stereocenters. The number of rotatable bonds is 5. The number of halogens is 2. The minimum atomic E-state index is -0.957. The highest BCUT2D eigenvalue weighted by Gasteiger charge is 2.55. The lowest BCUT2D eigenvalue weighted by Gasteiger charge is -2.29. The number of primary amides is 1. The SMILES string of the molecule is Cc1nc(C(=O)N2[C@H](CC3Cc4c(cccc4C(N)=O)O3)C[C@@H]3C[C@@H]32)c(-c2ccc(F)c(F)c2)s1. The van der Waals surface area contributed by atoms with Crippen molar-refractivity contribution in [3.05, 3.63) is 69.9 Å². The molecular weight excluding hydrogens is 472 g/mol. The molecule has 180 valence electrons. The van der Waals surface area contributed by atoms with Crippen LogP contribution in [0.15, 0.2) is 36.4 Å². The maximum atomic E-state index is 13.9. The van der Waals surface area contributed by atoms with Gasteiger partial charge in [-0.05, 0) is 55.5 Å². The second-order valence-electron chi connectivity index (χ2n) is 9.53. The molecule has 0 spiro atoms. The number of ether oxygens (including phenoxy) is 1. The summed E-state index contributed by atoms with van der Waals surface area (Å²) >= 11 is 1.30. The number of nitrogens with zero attached hydrogens (tertiary/aromatic N) is 2. The van der Waals surface area contributed by atoms with Gasteiger partial charge in [0.1, 0.15) is 17.5 Å². The Labute approximate surface area is 204 Å². The number of carbonyl (C=O) groups excluding carboxylic acids is 2. The predicted octanol–water partition coefficient (Wildman–Crippen LogP) is 4.49. The van der Waals surface area contributed by atoms with Crippen LogP contribution in [0, 0.1) is 24.5 Å². The highest BCUT2D eigenvalue weighted by molar-refractivity contribution is 7.15. The summed E-state index contributed by atoms with van der Waals surface area (Å²) in [6.45, 7) is 1.80. The summed E-state index contributed by atoms with van der Waals surface area (Å²) < 4.78 is 33.5. The van der Waals surface area contributed by atoms with Crippen LogP contribution < -0.4 is 10.5 Å². The first-order valence-corrected chi connectivity index (χ1v) is 12.5. The average Bonchev–Trinajstić information content (AvgIpc) is 3.14. The van der Waals surface area contributed by atoms with Crippen molar-refractivity contribution in [2.75, 3.05) is 0 Å². The van der Waals surface area contributed by atoms with Gasteiger partial charge in [-0.25, -0.2) is 13.8 Å². The number of fused-ring (bicyclic) bond motifs is 2. The second kappa shape index (κ2) is 8.12. The van der Waals surface area contributed by atoms with E-state index < -0.39 is 17.5 Å². The lowest BCUT2D eigenvalue weighted by Crippen LogP contribution is -2.41. The van der Waals surface area contributed by atoms with Crippen molar-refractivity contribution in [3.8, 4) is 16.2 Å². The van der Waals surface area contributed by atoms with Gasteiger partial charge in [0.15, 0.2) is 11.6 Å². The molecule has 35 heavy (non-hydrogen) atoms. The standard InChI is InChI=1S/C26H23F2N3O3S/c1-12-30-23(24(35-12)13-5-6-19(27)20(28)8-13)26(33)31-15(7-14-9-21(14)31)10-16-11-18-17(25(29)32)3-2-4-22(18)34-16/h2-6,8,14-16,21H,7,9-11H2,1H3,(H2,29,32)/t14-,15+,16?,21+/m1/s1. The molecule has 2 amide bonds. The quantitative estimate of drug-likeness (QED) is 0.565. The van der Waals surface area contributed by atoms with E-state index in [0.29, 0.717) is 45.5 Å². The number of piperidine rings is 1. The molecule has 1 saturated heterocycles. The summed E-state index contributed by atoms with van der Waals surface area (Å²) in [5.74, 6) is -1.42. The Morgan fingerprint density at radius 3 is 2.80 bits per heavy atom. The van der Waals surface area contributed by atoms with Gasteiger partial charge in [0, 0.05) is 36.1 Å². The molecule has 2 N–H and O–H groups in total. The molecule has 3 aliphatic rings. The Hall–Kier alpha value is -3.33. The molecule has 0 bridgehead atoms. The number of aryl methyl sites for hydroxylation is 1. The molecule has 0 radical (unpaired) electrons. The lowest BCUT2D eigenvalue weighted by atomic mass is 9.97. The van der Waals surface area contributed by atoms with Crippen LogP contribution in [0.5, 0.6) is 5.75 Å². The van der Waals surface area contributed by atoms with Crippen molar-refractivity contribution in [2.24, 2.45) is 11.7 Å². The maximum Gasteiger partial charge on any atom is 0.274 e. The molecule has 1 aromatic heterocycles. The molecule has 4 atom stereocenters. The van der Waals surface area contributed by atoms with E-state index in [2.05, 4.69) is 4.98 Å². The highest BCUT2D eigenvalue weighted by atomic mass is 32.1. The molecule has 6 nitrogen and oxygen atoms in total. The van der Waals surface area contributed by atoms with Crippen LogP contribution in [0.4, 0.5) is 8.78 Å². The molecule has 2 aromatic carbocycles. The molecule has 9 heteroatoms. The van der Waals surface area contributed by atoms with E-state index in [1.807, 2.05) is 11.0 Å². The zero-order chi connectivity index (χ0) is 24.4. The number of likely N-dealkylation sites (tertiary alicyclic amines) is 1. The fraction of sp³-hybridized carbons (Fsp3) is 0.346. The van der Waals surface area contributed by atoms with E-state index in [4.69, 9.17) is 10.5 Å². The minimum absolute atomic E-state index is 0.0256. The summed E-state index contributed by atoms with van der Waals surface area (Å²) in [5.41, 5.74) is 7.54. The topological polar surface area (TPSA) is 85.5 Å². The number of amides is 2. The predicted molar refractivity (Wildman–Crippen MR) is 126 cm³/mol. The average molecular weight is 496 g/mol. The molecule has 1 aliphatic carbocycles. The van der Waals surface area contributed by atoms with Gasteiger partial charge >= 0.3 is 0 Å². The van der Waals surface area contributed by atoms with E-state index in [9.17, 15) is 18.4 Å². The van der Waals surface area contributed by atoms with Gasteiger partial charge in [-0.15, -0.1) is 11.3 Å². The third kappa shape index (κ3) is 3.78. The Balaban J connectivity index is 1.25. The van der Waals surface area contributed by atoms with E-state index in [1.54, 1.807) is 19.1 Å². The molecular formula is C26H23F2N3O3S.